The predicted molar refractivity (Wildman–Crippen MR) is 77.1 cm³/mol. The van der Waals surface area contributed by atoms with Crippen molar-refractivity contribution in [3.8, 4) is 11.5 Å². The van der Waals surface area contributed by atoms with E-state index in [9.17, 15) is 14.4 Å². The van der Waals surface area contributed by atoms with Crippen LogP contribution < -0.4 is 15.1 Å². The highest BCUT2D eigenvalue weighted by atomic mass is 16.6. The molecule has 0 unspecified atom stereocenters. The van der Waals surface area contributed by atoms with Crippen LogP contribution in [0.15, 0.2) is 21.3 Å². The van der Waals surface area contributed by atoms with Gasteiger partial charge in [-0.05, 0) is 37.0 Å². The Balaban J connectivity index is 2.31. The van der Waals surface area contributed by atoms with Crippen LogP contribution >= 0.6 is 0 Å². The Bertz CT molecular complexity index is 846. The highest BCUT2D eigenvalue weighted by molar-refractivity contribution is 5.91. The molecule has 1 aromatic carbocycles. The second-order valence-electron chi connectivity index (χ2n) is 5.16. The molecule has 0 fully saturated rings. The molecule has 0 bridgehead atoms. The van der Waals surface area contributed by atoms with Gasteiger partial charge in [0, 0.05) is 24.8 Å². The molecule has 1 heterocycles. The minimum Gasteiger partial charge on any atom is -0.423 e. The highest BCUT2D eigenvalue weighted by Gasteiger charge is 2.24. The summed E-state index contributed by atoms with van der Waals surface area (Å²) in [7, 11) is 0. The normalized spacial score (nSPS) is 13.0. The molecule has 22 heavy (non-hydrogen) atoms. The van der Waals surface area contributed by atoms with Crippen LogP contribution in [0.5, 0.6) is 11.5 Å². The smallest absolute Gasteiger partial charge is 0.339 e. The zero-order chi connectivity index (χ0) is 15.9. The molecule has 1 aliphatic carbocycles. The lowest BCUT2D eigenvalue weighted by molar-refractivity contribution is -0.134. The zero-order valence-electron chi connectivity index (χ0n) is 12.2. The Morgan fingerprint density at radius 3 is 2.41 bits per heavy atom. The van der Waals surface area contributed by atoms with Crippen LogP contribution in [-0.4, -0.2) is 11.9 Å². The van der Waals surface area contributed by atoms with E-state index in [1.165, 1.54) is 13.8 Å². The number of fused-ring (bicyclic) bond motifs is 3. The van der Waals surface area contributed by atoms with E-state index < -0.39 is 17.6 Å². The maximum atomic E-state index is 12.1. The van der Waals surface area contributed by atoms with Gasteiger partial charge in [-0.2, -0.15) is 0 Å². The number of carbonyl (C=O) groups is 2. The number of ether oxygens (including phenoxy) is 2. The molecular weight excluding hydrogens is 288 g/mol. The lowest BCUT2D eigenvalue weighted by Crippen LogP contribution is -2.11. The standard InChI is InChI=1S/C16H14O6/c1-8(17)20-13-7-6-11-10-4-3-5-12(10)16(19)22-14(11)15(13)21-9(2)18/h6-7H,3-5H2,1-2H3. The Labute approximate surface area is 125 Å². The summed E-state index contributed by atoms with van der Waals surface area (Å²) in [5.41, 5.74) is 1.28. The number of hydrogen-bond donors (Lipinski definition) is 0. The van der Waals surface area contributed by atoms with Gasteiger partial charge in [-0.3, -0.25) is 9.59 Å². The van der Waals surface area contributed by atoms with E-state index in [-0.39, 0.29) is 17.1 Å². The van der Waals surface area contributed by atoms with Gasteiger partial charge in [0.2, 0.25) is 5.75 Å². The van der Waals surface area contributed by atoms with Gasteiger partial charge in [0.1, 0.15) is 0 Å². The van der Waals surface area contributed by atoms with Gasteiger partial charge in [-0.1, -0.05) is 0 Å². The highest BCUT2D eigenvalue weighted by Crippen LogP contribution is 2.39. The number of rotatable bonds is 2. The fourth-order valence-electron chi connectivity index (χ4n) is 2.78. The fourth-order valence-corrected chi connectivity index (χ4v) is 2.78. The maximum absolute atomic E-state index is 12.1. The van der Waals surface area contributed by atoms with E-state index in [1.807, 2.05) is 0 Å². The third-order valence-corrected chi connectivity index (χ3v) is 3.56. The summed E-state index contributed by atoms with van der Waals surface area (Å²) in [4.78, 5) is 34.6. The molecule has 0 N–H and O–H groups in total. The number of aryl methyl sites for hydroxylation is 1. The molecule has 0 amide bonds. The molecule has 1 aliphatic rings. The Morgan fingerprint density at radius 2 is 1.73 bits per heavy atom. The molecule has 0 aliphatic heterocycles. The second kappa shape index (κ2) is 5.29. The molecule has 6 heteroatoms. The van der Waals surface area contributed by atoms with Crippen LogP contribution in [0.4, 0.5) is 0 Å². The summed E-state index contributed by atoms with van der Waals surface area (Å²) < 4.78 is 15.5. The first kappa shape index (κ1) is 14.3. The van der Waals surface area contributed by atoms with Crippen molar-refractivity contribution < 1.29 is 23.5 Å². The van der Waals surface area contributed by atoms with Crippen molar-refractivity contribution in [1.82, 2.24) is 0 Å². The average Bonchev–Trinajstić information content (AvgIpc) is 2.91. The van der Waals surface area contributed by atoms with Gasteiger partial charge in [-0.15, -0.1) is 0 Å². The van der Waals surface area contributed by atoms with Gasteiger partial charge in [0.25, 0.3) is 0 Å². The molecule has 6 nitrogen and oxygen atoms in total. The van der Waals surface area contributed by atoms with E-state index >= 15 is 0 Å². The van der Waals surface area contributed by atoms with E-state index in [2.05, 4.69) is 0 Å². The van der Waals surface area contributed by atoms with Gasteiger partial charge in [-0.25, -0.2) is 4.79 Å². The van der Waals surface area contributed by atoms with E-state index in [0.29, 0.717) is 17.4 Å². The summed E-state index contributed by atoms with van der Waals surface area (Å²) in [5, 5.41) is 0.708. The largest absolute Gasteiger partial charge is 0.423 e. The predicted octanol–water partition coefficient (Wildman–Crippen LogP) is 2.13. The quantitative estimate of drug-likeness (QED) is 0.480. The molecular formula is C16H14O6. The maximum Gasteiger partial charge on any atom is 0.339 e. The topological polar surface area (TPSA) is 82.8 Å². The van der Waals surface area contributed by atoms with Crippen molar-refractivity contribution in [3.05, 3.63) is 33.7 Å². The molecule has 0 saturated heterocycles. The molecule has 0 atom stereocenters. The van der Waals surface area contributed by atoms with Gasteiger partial charge >= 0.3 is 17.6 Å². The number of hydrogen-bond acceptors (Lipinski definition) is 6. The summed E-state index contributed by atoms with van der Waals surface area (Å²) in [6, 6.07) is 3.26. The Morgan fingerprint density at radius 1 is 1.05 bits per heavy atom. The first-order chi connectivity index (χ1) is 10.5. The number of carbonyl (C=O) groups excluding carboxylic acids is 2. The summed E-state index contributed by atoms with van der Waals surface area (Å²) in [6.45, 7) is 2.46. The van der Waals surface area contributed by atoms with Crippen LogP contribution in [0, 0.1) is 0 Å². The average molecular weight is 302 g/mol. The van der Waals surface area contributed by atoms with Crippen LogP contribution in [0.1, 0.15) is 31.4 Å². The zero-order valence-corrected chi connectivity index (χ0v) is 12.2. The molecule has 0 radical (unpaired) electrons. The molecule has 0 spiro atoms. The van der Waals surface area contributed by atoms with Crippen molar-refractivity contribution in [2.75, 3.05) is 0 Å². The van der Waals surface area contributed by atoms with Crippen molar-refractivity contribution in [2.45, 2.75) is 33.1 Å². The fraction of sp³-hybridized carbons (Fsp3) is 0.312. The Hall–Kier alpha value is -2.63. The minimum absolute atomic E-state index is 0.0352. The number of benzene rings is 1. The lowest BCUT2D eigenvalue weighted by atomic mass is 10.1. The molecule has 0 saturated carbocycles. The second-order valence-corrected chi connectivity index (χ2v) is 5.16. The van der Waals surface area contributed by atoms with E-state index in [1.54, 1.807) is 12.1 Å². The molecule has 114 valence electrons. The van der Waals surface area contributed by atoms with Crippen molar-refractivity contribution in [3.63, 3.8) is 0 Å². The van der Waals surface area contributed by atoms with E-state index in [0.717, 1.165) is 18.4 Å². The molecule has 1 aromatic heterocycles. The third kappa shape index (κ3) is 2.36. The van der Waals surface area contributed by atoms with Crippen LogP contribution in [0.3, 0.4) is 0 Å². The van der Waals surface area contributed by atoms with Gasteiger partial charge < -0.3 is 13.9 Å². The van der Waals surface area contributed by atoms with Crippen LogP contribution in [0.25, 0.3) is 11.0 Å². The first-order valence-electron chi connectivity index (χ1n) is 6.95. The van der Waals surface area contributed by atoms with Crippen LogP contribution in [-0.2, 0) is 22.4 Å². The minimum atomic E-state index is -0.593. The van der Waals surface area contributed by atoms with Crippen LogP contribution in [0.2, 0.25) is 0 Å². The van der Waals surface area contributed by atoms with E-state index in [4.69, 9.17) is 13.9 Å². The summed E-state index contributed by atoms with van der Waals surface area (Å²) >= 11 is 0. The summed E-state index contributed by atoms with van der Waals surface area (Å²) in [6.07, 6.45) is 2.33. The van der Waals surface area contributed by atoms with Gasteiger partial charge in [0.15, 0.2) is 11.3 Å². The van der Waals surface area contributed by atoms with Crippen molar-refractivity contribution in [1.29, 1.82) is 0 Å². The third-order valence-electron chi connectivity index (χ3n) is 3.56. The van der Waals surface area contributed by atoms with Gasteiger partial charge in [0.05, 0.1) is 0 Å². The first-order valence-corrected chi connectivity index (χ1v) is 6.95. The lowest BCUT2D eigenvalue weighted by Gasteiger charge is -2.12. The SMILES string of the molecule is CC(=O)Oc1ccc2c3c(c(=O)oc2c1OC(C)=O)CCC3. The monoisotopic (exact) mass is 302 g/mol. The number of esters is 2. The molecule has 2 aromatic rings. The molecule has 3 rings (SSSR count). The Kier molecular flexibility index (Phi) is 3.44. The van der Waals surface area contributed by atoms with Crippen molar-refractivity contribution in [2.24, 2.45) is 0 Å². The van der Waals surface area contributed by atoms with Crippen molar-refractivity contribution >= 4 is 22.9 Å². The summed E-state index contributed by atoms with van der Waals surface area (Å²) in [5.74, 6) is -1.14.